The highest BCUT2D eigenvalue weighted by Crippen LogP contribution is 2.30. The molecule has 0 aliphatic heterocycles. The number of aromatic nitrogens is 2. The molecule has 0 bridgehead atoms. The molecule has 0 amide bonds. The van der Waals surface area contributed by atoms with Crippen molar-refractivity contribution in [3.05, 3.63) is 12.4 Å². The van der Waals surface area contributed by atoms with Gasteiger partial charge in [-0.15, -0.1) is 0 Å². The number of thiophene rings is 1. The van der Waals surface area contributed by atoms with E-state index < -0.39 is 0 Å². The minimum absolute atomic E-state index is 0.599. The lowest BCUT2D eigenvalue weighted by atomic mass is 10.4. The average molecular weight is 195 g/mol. The summed E-state index contributed by atoms with van der Waals surface area (Å²) in [6.07, 6.45) is 1.49. The normalized spacial score (nSPS) is 10.5. The van der Waals surface area contributed by atoms with Gasteiger partial charge in [0.15, 0.2) is 0 Å². The van der Waals surface area contributed by atoms with Gasteiger partial charge in [0.2, 0.25) is 5.88 Å². The van der Waals surface area contributed by atoms with Crippen molar-refractivity contribution in [1.29, 1.82) is 0 Å². The van der Waals surface area contributed by atoms with Crippen LogP contribution in [-0.4, -0.2) is 16.6 Å². The molecular formula is C8H9N3OS. The number of nitrogens with zero attached hydrogens (tertiary/aromatic N) is 2. The van der Waals surface area contributed by atoms with E-state index in [9.17, 15) is 0 Å². The Labute approximate surface area is 79.4 Å². The molecule has 13 heavy (non-hydrogen) atoms. The first-order valence-corrected chi connectivity index (χ1v) is 4.75. The zero-order valence-corrected chi connectivity index (χ0v) is 7.97. The summed E-state index contributed by atoms with van der Waals surface area (Å²) in [4.78, 5) is 8.99. The lowest BCUT2D eigenvalue weighted by Gasteiger charge is -2.00. The highest BCUT2D eigenvalue weighted by molar-refractivity contribution is 7.22. The fourth-order valence-corrected chi connectivity index (χ4v) is 1.86. The summed E-state index contributed by atoms with van der Waals surface area (Å²) >= 11 is 1.44. The van der Waals surface area contributed by atoms with E-state index in [1.807, 2.05) is 13.0 Å². The number of rotatable bonds is 2. The van der Waals surface area contributed by atoms with Crippen LogP contribution in [0.3, 0.4) is 0 Å². The van der Waals surface area contributed by atoms with Crippen LogP contribution in [0.1, 0.15) is 6.92 Å². The van der Waals surface area contributed by atoms with Gasteiger partial charge in [0.25, 0.3) is 0 Å². The Morgan fingerprint density at radius 2 is 2.38 bits per heavy atom. The summed E-state index contributed by atoms with van der Waals surface area (Å²) in [5.74, 6) is 0.612. The lowest BCUT2D eigenvalue weighted by molar-refractivity contribution is 0.331. The molecule has 2 aromatic heterocycles. The van der Waals surface area contributed by atoms with Crippen molar-refractivity contribution in [1.82, 2.24) is 9.97 Å². The Hall–Kier alpha value is -1.36. The van der Waals surface area contributed by atoms with Crippen molar-refractivity contribution in [2.75, 3.05) is 12.3 Å². The van der Waals surface area contributed by atoms with Gasteiger partial charge in [-0.1, -0.05) is 11.3 Å². The summed E-state index contributed by atoms with van der Waals surface area (Å²) in [6.45, 7) is 2.52. The maximum atomic E-state index is 5.65. The average Bonchev–Trinajstić information content (AvgIpc) is 2.47. The maximum Gasteiger partial charge on any atom is 0.225 e. The quantitative estimate of drug-likeness (QED) is 0.791. The topological polar surface area (TPSA) is 61.0 Å². The van der Waals surface area contributed by atoms with Gasteiger partial charge in [0, 0.05) is 0 Å². The number of anilines is 1. The van der Waals surface area contributed by atoms with Crippen LogP contribution in [0.4, 0.5) is 5.00 Å². The van der Waals surface area contributed by atoms with Crippen molar-refractivity contribution in [2.45, 2.75) is 6.92 Å². The molecular weight excluding hydrogens is 186 g/mol. The van der Waals surface area contributed by atoms with Crippen LogP contribution >= 0.6 is 11.3 Å². The third-order valence-electron chi connectivity index (χ3n) is 1.59. The SMILES string of the molecule is CCOc1ncnc2sc(N)cc12. The predicted molar refractivity (Wildman–Crippen MR) is 53.0 cm³/mol. The van der Waals surface area contributed by atoms with Gasteiger partial charge >= 0.3 is 0 Å². The molecule has 5 heteroatoms. The molecule has 4 nitrogen and oxygen atoms in total. The van der Waals surface area contributed by atoms with Crippen LogP contribution in [0.25, 0.3) is 10.2 Å². The van der Waals surface area contributed by atoms with Gasteiger partial charge < -0.3 is 10.5 Å². The molecule has 2 N–H and O–H groups in total. The Bertz CT molecular complexity index is 426. The van der Waals surface area contributed by atoms with Crippen molar-refractivity contribution in [3.63, 3.8) is 0 Å². The van der Waals surface area contributed by atoms with E-state index >= 15 is 0 Å². The molecule has 68 valence electrons. The molecule has 2 heterocycles. The molecule has 0 saturated carbocycles. The van der Waals surface area contributed by atoms with Crippen LogP contribution in [-0.2, 0) is 0 Å². The Kier molecular flexibility index (Phi) is 2.02. The summed E-state index contributed by atoms with van der Waals surface area (Å²) in [5.41, 5.74) is 5.65. The lowest BCUT2D eigenvalue weighted by Crippen LogP contribution is -1.94. The van der Waals surface area contributed by atoms with E-state index in [1.54, 1.807) is 0 Å². The van der Waals surface area contributed by atoms with Crippen LogP contribution in [0, 0.1) is 0 Å². The van der Waals surface area contributed by atoms with E-state index in [0.29, 0.717) is 12.5 Å². The van der Waals surface area contributed by atoms with Crippen LogP contribution < -0.4 is 10.5 Å². The molecule has 0 saturated heterocycles. The Balaban J connectivity index is 2.60. The van der Waals surface area contributed by atoms with Crippen LogP contribution in [0.2, 0.25) is 0 Å². The van der Waals surface area contributed by atoms with Gasteiger partial charge in [-0.3, -0.25) is 0 Å². The summed E-state index contributed by atoms with van der Waals surface area (Å²) in [7, 11) is 0. The third kappa shape index (κ3) is 1.42. The minimum atomic E-state index is 0.599. The van der Waals surface area contributed by atoms with Gasteiger partial charge in [-0.05, 0) is 13.0 Å². The number of hydrogen-bond acceptors (Lipinski definition) is 5. The second kappa shape index (κ2) is 3.18. The molecule has 0 aliphatic carbocycles. The fourth-order valence-electron chi connectivity index (χ4n) is 1.10. The molecule has 2 rings (SSSR count). The second-order valence-electron chi connectivity index (χ2n) is 2.48. The third-order valence-corrected chi connectivity index (χ3v) is 2.47. The van der Waals surface area contributed by atoms with Crippen LogP contribution in [0.15, 0.2) is 12.4 Å². The van der Waals surface area contributed by atoms with Crippen molar-refractivity contribution >= 4 is 26.6 Å². The molecule has 0 atom stereocenters. The Morgan fingerprint density at radius 3 is 3.15 bits per heavy atom. The minimum Gasteiger partial charge on any atom is -0.477 e. The monoisotopic (exact) mass is 195 g/mol. The number of nitrogen functional groups attached to an aromatic ring is 1. The summed E-state index contributed by atoms with van der Waals surface area (Å²) in [5, 5.41) is 1.63. The molecule has 0 aliphatic rings. The van der Waals surface area contributed by atoms with Gasteiger partial charge in [-0.25, -0.2) is 9.97 Å². The van der Waals surface area contributed by atoms with Crippen molar-refractivity contribution in [2.24, 2.45) is 0 Å². The van der Waals surface area contributed by atoms with Crippen LogP contribution in [0.5, 0.6) is 5.88 Å². The molecule has 0 radical (unpaired) electrons. The van der Waals surface area contributed by atoms with Gasteiger partial charge in [0.1, 0.15) is 11.2 Å². The highest BCUT2D eigenvalue weighted by Gasteiger charge is 2.06. The fraction of sp³-hybridized carbons (Fsp3) is 0.250. The highest BCUT2D eigenvalue weighted by atomic mass is 32.1. The number of fused-ring (bicyclic) bond motifs is 1. The molecule has 0 unspecified atom stereocenters. The summed E-state index contributed by atoms with van der Waals surface area (Å²) < 4.78 is 5.33. The largest absolute Gasteiger partial charge is 0.477 e. The Morgan fingerprint density at radius 1 is 1.54 bits per heavy atom. The first-order chi connectivity index (χ1) is 6.31. The molecule has 0 fully saturated rings. The first-order valence-electron chi connectivity index (χ1n) is 3.94. The number of ether oxygens (including phenoxy) is 1. The predicted octanol–water partition coefficient (Wildman–Crippen LogP) is 1.67. The van der Waals surface area contributed by atoms with E-state index in [2.05, 4.69) is 9.97 Å². The van der Waals surface area contributed by atoms with Gasteiger partial charge in [0.05, 0.1) is 17.0 Å². The first kappa shape index (κ1) is 8.25. The molecule has 0 aromatic carbocycles. The van der Waals surface area contributed by atoms with E-state index in [-0.39, 0.29) is 0 Å². The van der Waals surface area contributed by atoms with Crippen molar-refractivity contribution < 1.29 is 4.74 Å². The zero-order chi connectivity index (χ0) is 9.26. The molecule has 0 spiro atoms. The van der Waals surface area contributed by atoms with E-state index in [0.717, 1.165) is 15.2 Å². The number of nitrogens with two attached hydrogens (primary N) is 1. The summed E-state index contributed by atoms with van der Waals surface area (Å²) in [6, 6.07) is 1.84. The van der Waals surface area contributed by atoms with Gasteiger partial charge in [-0.2, -0.15) is 0 Å². The van der Waals surface area contributed by atoms with E-state index in [4.69, 9.17) is 10.5 Å². The number of hydrogen-bond donors (Lipinski definition) is 1. The second-order valence-corrected chi connectivity index (χ2v) is 3.54. The van der Waals surface area contributed by atoms with Crippen molar-refractivity contribution in [3.8, 4) is 5.88 Å². The zero-order valence-electron chi connectivity index (χ0n) is 7.15. The van der Waals surface area contributed by atoms with E-state index in [1.165, 1.54) is 17.7 Å². The maximum absolute atomic E-state index is 5.65. The molecule has 2 aromatic rings. The smallest absolute Gasteiger partial charge is 0.225 e. The standard InChI is InChI=1S/C8H9N3OS/c1-2-12-7-5-3-6(9)13-8(5)11-4-10-7/h3-4H,2,9H2,1H3.